The van der Waals surface area contributed by atoms with Gasteiger partial charge >= 0.3 is 0 Å². The molecule has 1 nitrogen and oxygen atoms in total. The summed E-state index contributed by atoms with van der Waals surface area (Å²) in [5.74, 6) is 0.723. The lowest BCUT2D eigenvalue weighted by Gasteiger charge is -2.23. The molecule has 0 saturated carbocycles. The van der Waals surface area contributed by atoms with E-state index in [4.69, 9.17) is 5.26 Å². The molecule has 17 heavy (non-hydrogen) atoms. The Labute approximate surface area is 103 Å². The Morgan fingerprint density at radius 3 is 2.76 bits per heavy atom. The van der Waals surface area contributed by atoms with Crippen molar-refractivity contribution in [3.63, 3.8) is 0 Å². The van der Waals surface area contributed by atoms with Gasteiger partial charge in [0.05, 0.1) is 6.07 Å². The van der Waals surface area contributed by atoms with Crippen LogP contribution in [0.4, 0.5) is 0 Å². The largest absolute Gasteiger partial charge is 0.193 e. The van der Waals surface area contributed by atoms with Crippen LogP contribution in [0, 0.1) is 17.2 Å². The summed E-state index contributed by atoms with van der Waals surface area (Å²) in [4.78, 5) is 0. The Hall–Kier alpha value is -1.81. The van der Waals surface area contributed by atoms with Crippen molar-refractivity contribution >= 4 is 5.57 Å². The minimum absolute atomic E-state index is 0.723. The van der Waals surface area contributed by atoms with Gasteiger partial charge in [0, 0.05) is 6.08 Å². The zero-order valence-electron chi connectivity index (χ0n) is 10.2. The van der Waals surface area contributed by atoms with Gasteiger partial charge in [0.15, 0.2) is 0 Å². The Bertz CT molecular complexity index is 474. The third-order valence-electron chi connectivity index (χ3n) is 3.32. The van der Waals surface area contributed by atoms with Crippen LogP contribution < -0.4 is 0 Å². The smallest absolute Gasteiger partial charge is 0.0912 e. The van der Waals surface area contributed by atoms with Crippen molar-refractivity contribution in [1.82, 2.24) is 0 Å². The van der Waals surface area contributed by atoms with Crippen molar-refractivity contribution in [2.75, 3.05) is 0 Å². The van der Waals surface area contributed by atoms with E-state index in [9.17, 15) is 0 Å². The molecule has 0 aromatic heterocycles. The first-order valence-corrected chi connectivity index (χ1v) is 6.15. The summed E-state index contributed by atoms with van der Waals surface area (Å²) in [7, 11) is 0. The zero-order valence-corrected chi connectivity index (χ0v) is 10.2. The Morgan fingerprint density at radius 1 is 1.29 bits per heavy atom. The normalized spacial score (nSPS) is 20.6. The van der Waals surface area contributed by atoms with Crippen LogP contribution in [0.3, 0.4) is 0 Å². The molecule has 1 aliphatic rings. The van der Waals surface area contributed by atoms with Gasteiger partial charge < -0.3 is 0 Å². The average Bonchev–Trinajstić information content (AvgIpc) is 2.37. The van der Waals surface area contributed by atoms with E-state index >= 15 is 0 Å². The summed E-state index contributed by atoms with van der Waals surface area (Å²) in [5.41, 5.74) is 4.05. The monoisotopic (exact) mass is 223 g/mol. The lowest BCUT2D eigenvalue weighted by molar-refractivity contribution is 0.523. The van der Waals surface area contributed by atoms with Crippen molar-refractivity contribution in [2.45, 2.75) is 26.2 Å². The Kier molecular flexibility index (Phi) is 3.77. The Morgan fingerprint density at radius 2 is 2.06 bits per heavy atom. The van der Waals surface area contributed by atoms with Gasteiger partial charge in [0.1, 0.15) is 0 Å². The first-order chi connectivity index (χ1) is 8.31. The summed E-state index contributed by atoms with van der Waals surface area (Å²) in [6.07, 6.45) is 7.03. The van der Waals surface area contributed by atoms with E-state index in [1.165, 1.54) is 23.1 Å². The summed E-state index contributed by atoms with van der Waals surface area (Å²) < 4.78 is 0. The quantitative estimate of drug-likeness (QED) is 0.684. The first-order valence-electron chi connectivity index (χ1n) is 6.15. The number of benzene rings is 1. The molecular weight excluding hydrogens is 206 g/mol. The molecule has 1 aromatic carbocycles. The molecule has 86 valence electrons. The SMILES string of the molecule is CC1CCC(c2ccccc2)=C(C=CC#N)C1. The van der Waals surface area contributed by atoms with E-state index in [1.54, 1.807) is 6.08 Å². The predicted octanol–water partition coefficient (Wildman–Crippen LogP) is 4.34. The summed E-state index contributed by atoms with van der Waals surface area (Å²) in [6.45, 7) is 2.28. The molecule has 0 fully saturated rings. The van der Waals surface area contributed by atoms with E-state index in [-0.39, 0.29) is 0 Å². The zero-order chi connectivity index (χ0) is 12.1. The second-order valence-corrected chi connectivity index (χ2v) is 4.68. The number of allylic oxidation sites excluding steroid dienone is 4. The van der Waals surface area contributed by atoms with E-state index in [1.807, 2.05) is 12.1 Å². The summed E-state index contributed by atoms with van der Waals surface area (Å²) >= 11 is 0. The highest BCUT2D eigenvalue weighted by Gasteiger charge is 2.17. The molecule has 0 N–H and O–H groups in total. The summed E-state index contributed by atoms with van der Waals surface area (Å²) in [6, 6.07) is 12.6. The van der Waals surface area contributed by atoms with Crippen molar-refractivity contribution in [3.05, 3.63) is 53.6 Å². The van der Waals surface area contributed by atoms with Crippen molar-refractivity contribution in [2.24, 2.45) is 5.92 Å². The van der Waals surface area contributed by atoms with Crippen molar-refractivity contribution in [1.29, 1.82) is 5.26 Å². The first kappa shape index (κ1) is 11.7. The third kappa shape index (κ3) is 2.85. The lowest BCUT2D eigenvalue weighted by atomic mass is 9.82. The van der Waals surface area contributed by atoms with Gasteiger partial charge in [-0.3, -0.25) is 0 Å². The highest BCUT2D eigenvalue weighted by molar-refractivity contribution is 5.71. The average molecular weight is 223 g/mol. The maximum atomic E-state index is 8.66. The van der Waals surface area contributed by atoms with Crippen LogP contribution >= 0.6 is 0 Å². The van der Waals surface area contributed by atoms with Crippen LogP contribution in [0.1, 0.15) is 31.7 Å². The third-order valence-corrected chi connectivity index (χ3v) is 3.32. The maximum Gasteiger partial charge on any atom is 0.0912 e. The van der Waals surface area contributed by atoms with Crippen LogP contribution in [-0.4, -0.2) is 0 Å². The minimum atomic E-state index is 0.723. The molecule has 1 aromatic rings. The second kappa shape index (κ2) is 5.50. The molecule has 0 radical (unpaired) electrons. The minimum Gasteiger partial charge on any atom is -0.193 e. The van der Waals surface area contributed by atoms with Gasteiger partial charge in [-0.1, -0.05) is 37.3 Å². The highest BCUT2D eigenvalue weighted by atomic mass is 14.2. The molecule has 0 heterocycles. The molecule has 0 bridgehead atoms. The molecule has 1 unspecified atom stereocenters. The standard InChI is InChI=1S/C16H17N/c1-13-9-10-16(14-6-3-2-4-7-14)15(12-13)8-5-11-17/h2-8,13H,9-10,12H2,1H3. The fourth-order valence-electron chi connectivity index (χ4n) is 2.43. The van der Waals surface area contributed by atoms with E-state index in [0.29, 0.717) is 0 Å². The molecule has 0 saturated heterocycles. The highest BCUT2D eigenvalue weighted by Crippen LogP contribution is 2.35. The van der Waals surface area contributed by atoms with Crippen molar-refractivity contribution < 1.29 is 0 Å². The Balaban J connectivity index is 2.39. The van der Waals surface area contributed by atoms with Crippen LogP contribution in [0.2, 0.25) is 0 Å². The number of rotatable bonds is 2. The van der Waals surface area contributed by atoms with Gasteiger partial charge in [0.2, 0.25) is 0 Å². The van der Waals surface area contributed by atoms with Gasteiger partial charge in [0.25, 0.3) is 0 Å². The van der Waals surface area contributed by atoms with E-state index in [0.717, 1.165) is 18.8 Å². The molecular formula is C16H17N. The lowest BCUT2D eigenvalue weighted by Crippen LogP contribution is -2.06. The number of hydrogen-bond acceptors (Lipinski definition) is 1. The topological polar surface area (TPSA) is 23.8 Å². The van der Waals surface area contributed by atoms with E-state index < -0.39 is 0 Å². The molecule has 0 spiro atoms. The van der Waals surface area contributed by atoms with Gasteiger partial charge in [-0.15, -0.1) is 0 Å². The number of hydrogen-bond donors (Lipinski definition) is 0. The van der Waals surface area contributed by atoms with Gasteiger partial charge in [-0.05, 0) is 48.0 Å². The fraction of sp³-hybridized carbons (Fsp3) is 0.312. The predicted molar refractivity (Wildman–Crippen MR) is 71.1 cm³/mol. The van der Waals surface area contributed by atoms with Crippen LogP contribution in [0.15, 0.2) is 48.1 Å². The molecule has 0 amide bonds. The molecule has 2 rings (SSSR count). The van der Waals surface area contributed by atoms with E-state index in [2.05, 4.69) is 37.3 Å². The van der Waals surface area contributed by atoms with Gasteiger partial charge in [-0.2, -0.15) is 5.26 Å². The molecule has 1 atom stereocenters. The van der Waals surface area contributed by atoms with Crippen LogP contribution in [0.25, 0.3) is 5.57 Å². The molecule has 0 aliphatic heterocycles. The van der Waals surface area contributed by atoms with Crippen LogP contribution in [-0.2, 0) is 0 Å². The van der Waals surface area contributed by atoms with Crippen LogP contribution in [0.5, 0.6) is 0 Å². The maximum absolute atomic E-state index is 8.66. The second-order valence-electron chi connectivity index (χ2n) is 4.68. The van der Waals surface area contributed by atoms with Crippen molar-refractivity contribution in [3.8, 4) is 6.07 Å². The van der Waals surface area contributed by atoms with Gasteiger partial charge in [-0.25, -0.2) is 0 Å². The molecule has 1 heteroatoms. The number of nitriles is 1. The number of nitrogens with zero attached hydrogens (tertiary/aromatic N) is 1. The fourth-order valence-corrected chi connectivity index (χ4v) is 2.43. The summed E-state index contributed by atoms with van der Waals surface area (Å²) in [5, 5.41) is 8.66. The molecule has 1 aliphatic carbocycles.